The number of aliphatic hydroxyl groups excluding tert-OH is 2. The first-order valence-corrected chi connectivity index (χ1v) is 16.5. The van der Waals surface area contributed by atoms with E-state index in [1.165, 1.54) is 44.9 Å². The second kappa shape index (κ2) is 25.9. The molecule has 0 aromatic rings. The lowest BCUT2D eigenvalue weighted by molar-refractivity contribution is -0.161. The van der Waals surface area contributed by atoms with E-state index in [-0.39, 0.29) is 19.4 Å². The van der Waals surface area contributed by atoms with Gasteiger partial charge in [-0.1, -0.05) is 104 Å². The maximum Gasteiger partial charge on any atom is 0.472 e. The van der Waals surface area contributed by atoms with Gasteiger partial charge in [-0.2, -0.15) is 0 Å². The van der Waals surface area contributed by atoms with Gasteiger partial charge in [-0.05, 0) is 12.8 Å². The van der Waals surface area contributed by atoms with E-state index >= 15 is 0 Å². The SMILES string of the molecule is CCCCCCCCCCCCCC(=O)OC(COC(=O)CCCCCCC)COP(=O)(O)OCC(O)CO. The zero-order valence-corrected chi connectivity index (χ0v) is 25.3. The van der Waals surface area contributed by atoms with Crippen molar-refractivity contribution < 1.29 is 47.8 Å². The number of hydrogen-bond acceptors (Lipinski definition) is 9. The van der Waals surface area contributed by atoms with Crippen molar-refractivity contribution in [3.8, 4) is 0 Å². The van der Waals surface area contributed by atoms with Crippen LogP contribution in [0.15, 0.2) is 0 Å². The number of phosphoric ester groups is 1. The van der Waals surface area contributed by atoms with Crippen LogP contribution in [0.25, 0.3) is 0 Å². The first-order chi connectivity index (χ1) is 18.7. The molecule has 0 rings (SSSR count). The van der Waals surface area contributed by atoms with E-state index in [0.717, 1.165) is 44.9 Å². The van der Waals surface area contributed by atoms with E-state index in [1.807, 2.05) is 0 Å². The highest BCUT2D eigenvalue weighted by Crippen LogP contribution is 2.43. The molecule has 3 unspecified atom stereocenters. The number of esters is 2. The van der Waals surface area contributed by atoms with Gasteiger partial charge in [-0.15, -0.1) is 0 Å². The topological polar surface area (TPSA) is 149 Å². The maximum atomic E-state index is 12.4. The lowest BCUT2D eigenvalue weighted by Gasteiger charge is -2.20. The standard InChI is InChI=1S/C28H55O10P/c1-3-5-7-9-10-11-12-13-14-16-18-20-28(32)38-26(23-35-27(31)19-17-15-8-6-4-2)24-37-39(33,34)36-22-25(30)21-29/h25-26,29-30H,3-24H2,1-2H3,(H,33,34). The summed E-state index contributed by atoms with van der Waals surface area (Å²) < 4.78 is 32.1. The summed E-state index contributed by atoms with van der Waals surface area (Å²) in [5.74, 6) is -0.938. The first kappa shape index (κ1) is 38.0. The van der Waals surface area contributed by atoms with Crippen molar-refractivity contribution in [1.29, 1.82) is 0 Å². The van der Waals surface area contributed by atoms with Crippen LogP contribution in [0.4, 0.5) is 0 Å². The minimum absolute atomic E-state index is 0.189. The molecule has 232 valence electrons. The highest BCUT2D eigenvalue weighted by molar-refractivity contribution is 7.47. The predicted molar refractivity (Wildman–Crippen MR) is 150 cm³/mol. The summed E-state index contributed by atoms with van der Waals surface area (Å²) >= 11 is 0. The number of unbranched alkanes of at least 4 members (excludes halogenated alkanes) is 14. The van der Waals surface area contributed by atoms with Crippen LogP contribution >= 0.6 is 7.82 Å². The zero-order valence-electron chi connectivity index (χ0n) is 24.4. The molecule has 0 aliphatic carbocycles. The summed E-state index contributed by atoms with van der Waals surface area (Å²) in [6.07, 6.45) is 15.6. The van der Waals surface area contributed by atoms with Crippen LogP contribution in [-0.4, -0.2) is 65.7 Å². The molecule has 0 fully saturated rings. The van der Waals surface area contributed by atoms with E-state index in [9.17, 15) is 24.2 Å². The fourth-order valence-electron chi connectivity index (χ4n) is 3.87. The summed E-state index contributed by atoms with van der Waals surface area (Å²) in [5, 5.41) is 18.1. The Morgan fingerprint density at radius 2 is 1.10 bits per heavy atom. The van der Waals surface area contributed by atoms with Gasteiger partial charge in [0.05, 0.1) is 19.8 Å². The summed E-state index contributed by atoms with van der Waals surface area (Å²) in [7, 11) is -4.58. The van der Waals surface area contributed by atoms with E-state index in [0.29, 0.717) is 12.8 Å². The Balaban J connectivity index is 4.44. The molecule has 0 aromatic carbocycles. The van der Waals surface area contributed by atoms with Crippen LogP contribution in [0.5, 0.6) is 0 Å². The highest BCUT2D eigenvalue weighted by Gasteiger charge is 2.27. The Labute approximate surface area is 235 Å². The van der Waals surface area contributed by atoms with Gasteiger partial charge in [0.25, 0.3) is 0 Å². The average molecular weight is 583 g/mol. The smallest absolute Gasteiger partial charge is 0.462 e. The third kappa shape index (κ3) is 25.7. The van der Waals surface area contributed by atoms with Gasteiger partial charge < -0.3 is 24.6 Å². The molecule has 0 aromatic heterocycles. The van der Waals surface area contributed by atoms with Crippen molar-refractivity contribution in [3.05, 3.63) is 0 Å². The first-order valence-electron chi connectivity index (χ1n) is 15.0. The fraction of sp³-hybridized carbons (Fsp3) is 0.929. The molecule has 0 aliphatic heterocycles. The quantitative estimate of drug-likeness (QED) is 0.0570. The van der Waals surface area contributed by atoms with E-state index in [2.05, 4.69) is 18.4 Å². The van der Waals surface area contributed by atoms with Crippen LogP contribution in [0.1, 0.15) is 129 Å². The van der Waals surface area contributed by atoms with Crippen LogP contribution < -0.4 is 0 Å². The molecule has 0 saturated carbocycles. The van der Waals surface area contributed by atoms with Crippen LogP contribution in [-0.2, 0) is 32.7 Å². The zero-order chi connectivity index (χ0) is 29.2. The van der Waals surface area contributed by atoms with Crippen molar-refractivity contribution >= 4 is 19.8 Å². The van der Waals surface area contributed by atoms with E-state index in [1.54, 1.807) is 0 Å². The van der Waals surface area contributed by atoms with Gasteiger partial charge in [0.15, 0.2) is 6.10 Å². The number of carbonyl (C=O) groups excluding carboxylic acids is 2. The highest BCUT2D eigenvalue weighted by atomic mass is 31.2. The summed E-state index contributed by atoms with van der Waals surface area (Å²) in [6, 6.07) is 0. The molecular formula is C28H55O10P. The number of hydrogen-bond donors (Lipinski definition) is 3. The monoisotopic (exact) mass is 582 g/mol. The van der Waals surface area contributed by atoms with Crippen LogP contribution in [0.2, 0.25) is 0 Å². The molecule has 3 N–H and O–H groups in total. The van der Waals surface area contributed by atoms with Gasteiger partial charge in [0.1, 0.15) is 12.7 Å². The van der Waals surface area contributed by atoms with Crippen LogP contribution in [0.3, 0.4) is 0 Å². The summed E-state index contributed by atoms with van der Waals surface area (Å²) in [4.78, 5) is 34.2. The number of ether oxygens (including phenoxy) is 2. The van der Waals surface area contributed by atoms with Crippen molar-refractivity contribution in [2.45, 2.75) is 142 Å². The van der Waals surface area contributed by atoms with Crippen molar-refractivity contribution in [1.82, 2.24) is 0 Å². The Morgan fingerprint density at radius 1 is 0.667 bits per heavy atom. The fourth-order valence-corrected chi connectivity index (χ4v) is 4.66. The van der Waals surface area contributed by atoms with Crippen molar-refractivity contribution in [2.75, 3.05) is 26.4 Å². The Hall–Kier alpha value is -1.03. The van der Waals surface area contributed by atoms with Gasteiger partial charge >= 0.3 is 19.8 Å². The van der Waals surface area contributed by atoms with Gasteiger partial charge in [0, 0.05) is 12.8 Å². The number of aliphatic hydroxyl groups is 2. The Morgan fingerprint density at radius 3 is 1.59 bits per heavy atom. The van der Waals surface area contributed by atoms with Crippen molar-refractivity contribution in [3.63, 3.8) is 0 Å². The molecule has 0 spiro atoms. The van der Waals surface area contributed by atoms with E-state index in [4.69, 9.17) is 19.1 Å². The van der Waals surface area contributed by atoms with Gasteiger partial charge in [0.2, 0.25) is 0 Å². The van der Waals surface area contributed by atoms with Crippen molar-refractivity contribution in [2.24, 2.45) is 0 Å². The Bertz CT molecular complexity index is 646. The molecule has 0 saturated heterocycles. The normalized spacial score (nSPS) is 14.5. The molecule has 10 nitrogen and oxygen atoms in total. The molecule has 11 heteroatoms. The third-order valence-corrected chi connectivity index (χ3v) is 7.21. The molecule has 0 radical (unpaired) electrons. The molecule has 39 heavy (non-hydrogen) atoms. The lowest BCUT2D eigenvalue weighted by Crippen LogP contribution is -2.29. The largest absolute Gasteiger partial charge is 0.472 e. The molecular weight excluding hydrogens is 527 g/mol. The number of carbonyl (C=O) groups is 2. The molecule has 0 aliphatic rings. The third-order valence-electron chi connectivity index (χ3n) is 6.26. The maximum absolute atomic E-state index is 12.4. The lowest BCUT2D eigenvalue weighted by atomic mass is 10.1. The minimum atomic E-state index is -4.58. The van der Waals surface area contributed by atoms with Gasteiger partial charge in [-0.3, -0.25) is 18.6 Å². The second-order valence-corrected chi connectivity index (χ2v) is 11.6. The molecule has 0 heterocycles. The number of phosphoric acid groups is 1. The number of rotatable bonds is 28. The van der Waals surface area contributed by atoms with Gasteiger partial charge in [-0.25, -0.2) is 4.57 Å². The summed E-state index contributed by atoms with van der Waals surface area (Å²) in [6.45, 7) is 2.23. The molecule has 3 atom stereocenters. The average Bonchev–Trinajstić information content (AvgIpc) is 2.91. The van der Waals surface area contributed by atoms with E-state index < -0.39 is 51.8 Å². The minimum Gasteiger partial charge on any atom is -0.462 e. The molecule has 0 amide bonds. The second-order valence-electron chi connectivity index (χ2n) is 10.1. The van der Waals surface area contributed by atoms with Crippen LogP contribution in [0, 0.1) is 0 Å². The predicted octanol–water partition coefficient (Wildman–Crippen LogP) is 5.99. The summed E-state index contributed by atoms with van der Waals surface area (Å²) in [5.41, 5.74) is 0. The Kier molecular flexibility index (Phi) is 25.2. The molecule has 0 bridgehead atoms.